The number of piperidine rings is 2. The van der Waals surface area contributed by atoms with Gasteiger partial charge in [-0.25, -0.2) is 9.37 Å². The molecule has 24 heteroatoms. The highest BCUT2D eigenvalue weighted by Gasteiger charge is 2.49. The molecule has 1 atom stereocenters. The number of nitrogens with one attached hydrogen (secondary N) is 3. The highest BCUT2D eigenvalue weighted by atomic mass is 19.3. The Morgan fingerprint density at radius 3 is 2.19 bits per heavy atom. The van der Waals surface area contributed by atoms with Crippen LogP contribution in [-0.2, 0) is 33.3 Å². The number of amides is 6. The van der Waals surface area contributed by atoms with Crippen molar-refractivity contribution in [1.82, 2.24) is 30.0 Å². The summed E-state index contributed by atoms with van der Waals surface area (Å²) in [6, 6.07) is 5.85. The lowest BCUT2D eigenvalue weighted by Gasteiger charge is -2.32. The van der Waals surface area contributed by atoms with Gasteiger partial charge in [-0.1, -0.05) is 18.9 Å². The van der Waals surface area contributed by atoms with Crippen molar-refractivity contribution in [1.29, 1.82) is 0 Å². The summed E-state index contributed by atoms with van der Waals surface area (Å²) in [5.41, 5.74) is 0.898. The number of imide groups is 2. The molecule has 5 aliphatic rings. The van der Waals surface area contributed by atoms with E-state index in [4.69, 9.17) is 23.7 Å². The number of rotatable bonds is 23. The van der Waals surface area contributed by atoms with Crippen molar-refractivity contribution in [2.24, 2.45) is 0 Å². The molecule has 1 aromatic heterocycles. The van der Waals surface area contributed by atoms with Crippen molar-refractivity contribution in [3.63, 3.8) is 0 Å². The molecular weight excluding hydrogens is 974 g/mol. The lowest BCUT2D eigenvalue weighted by atomic mass is 10.0. The molecule has 0 radical (unpaired) electrons. The van der Waals surface area contributed by atoms with Gasteiger partial charge in [-0.05, 0) is 50.3 Å². The number of alkyl halides is 2. The van der Waals surface area contributed by atoms with Crippen LogP contribution in [0.5, 0.6) is 5.75 Å². The summed E-state index contributed by atoms with van der Waals surface area (Å²) < 4.78 is 73.8. The lowest BCUT2D eigenvalue weighted by molar-refractivity contribution is -0.149. The molecule has 3 aromatic rings. The van der Waals surface area contributed by atoms with Crippen LogP contribution in [0.25, 0.3) is 0 Å². The lowest BCUT2D eigenvalue weighted by Crippen LogP contribution is -2.54. The third kappa shape index (κ3) is 12.2. The van der Waals surface area contributed by atoms with Gasteiger partial charge in [0, 0.05) is 70.5 Å². The van der Waals surface area contributed by atoms with Crippen molar-refractivity contribution in [2.45, 2.75) is 75.4 Å². The van der Waals surface area contributed by atoms with Gasteiger partial charge in [-0.15, -0.1) is 0 Å². The number of carbonyl (C=O) groups excluding carboxylic acids is 6. The average molecular weight is 1040 g/mol. The van der Waals surface area contributed by atoms with Crippen LogP contribution in [0.15, 0.2) is 36.5 Å². The Hall–Kier alpha value is -6.47. The predicted octanol–water partition coefficient (Wildman–Crippen LogP) is 3.84. The first-order valence-corrected chi connectivity index (χ1v) is 25.0. The Morgan fingerprint density at radius 1 is 0.824 bits per heavy atom. The average Bonchev–Trinajstić information content (AvgIpc) is 4.01. The molecule has 5 heterocycles. The number of hydrogen-bond acceptors (Lipinski definition) is 17. The molecular formula is C50H63F3N10O11. The van der Waals surface area contributed by atoms with Gasteiger partial charge in [0.25, 0.3) is 29.5 Å². The minimum atomic E-state index is -3.64. The number of halogens is 3. The van der Waals surface area contributed by atoms with Gasteiger partial charge in [-0.3, -0.25) is 38.6 Å². The van der Waals surface area contributed by atoms with Crippen LogP contribution in [0, 0.1) is 5.82 Å². The fourth-order valence-electron chi connectivity index (χ4n) is 9.87. The molecule has 21 nitrogen and oxygen atoms in total. The summed E-state index contributed by atoms with van der Waals surface area (Å²) in [7, 11) is 3.98. The first-order valence-electron chi connectivity index (χ1n) is 25.0. The summed E-state index contributed by atoms with van der Waals surface area (Å²) in [5.74, 6) is -8.16. The van der Waals surface area contributed by atoms with Crippen molar-refractivity contribution in [2.75, 3.05) is 127 Å². The Balaban J connectivity index is 0.670. The number of benzene rings is 2. The topological polar surface area (TPSA) is 227 Å². The Labute approximate surface area is 426 Å². The van der Waals surface area contributed by atoms with Crippen molar-refractivity contribution >= 4 is 64.3 Å². The van der Waals surface area contributed by atoms with Crippen molar-refractivity contribution in [3.05, 3.63) is 59.0 Å². The van der Waals surface area contributed by atoms with Gasteiger partial charge >= 0.3 is 5.92 Å². The number of fused-ring (bicyclic) bond motifs is 2. The maximum atomic E-state index is 15.6. The molecule has 1 aliphatic carbocycles. The molecule has 1 unspecified atom stereocenters. The maximum Gasteiger partial charge on any atom is 0.342 e. The monoisotopic (exact) mass is 1040 g/mol. The third-order valence-electron chi connectivity index (χ3n) is 13.9. The molecule has 2 aromatic carbocycles. The normalized spacial score (nSPS) is 19.5. The number of aromatic nitrogens is 2. The highest BCUT2D eigenvalue weighted by Crippen LogP contribution is 2.41. The Kier molecular flexibility index (Phi) is 17.6. The van der Waals surface area contributed by atoms with Gasteiger partial charge in [0.1, 0.15) is 23.3 Å². The SMILES string of the molecule is COc1cc(C(=O)NC2CCN(CCOCCOCCOCCOCCNc3cccc4c3C(=O)N(C3CCC(=O)N(C)C3=O)C4=O)CC2)c(F)cc1Nc1ncc2c(n1)N(C1CCCC1)CC(F)(F)C(=O)N2C. The summed E-state index contributed by atoms with van der Waals surface area (Å²) >= 11 is 0. The molecule has 8 rings (SSSR count). The first-order chi connectivity index (χ1) is 35.7. The number of hydrogen-bond donors (Lipinski definition) is 3. The number of anilines is 5. The molecule has 3 fully saturated rings. The summed E-state index contributed by atoms with van der Waals surface area (Å²) in [5, 5.41) is 9.00. The van der Waals surface area contributed by atoms with E-state index in [0.717, 1.165) is 33.6 Å². The third-order valence-corrected chi connectivity index (χ3v) is 13.9. The smallest absolute Gasteiger partial charge is 0.342 e. The van der Waals surface area contributed by atoms with Crippen molar-refractivity contribution in [3.8, 4) is 5.75 Å². The largest absolute Gasteiger partial charge is 0.495 e. The number of carbonyl (C=O) groups is 6. The van der Waals surface area contributed by atoms with Gasteiger partial charge in [0.15, 0.2) is 5.82 Å². The molecule has 4 aliphatic heterocycles. The van der Waals surface area contributed by atoms with Crippen LogP contribution in [-0.4, -0.2) is 191 Å². The van der Waals surface area contributed by atoms with Crippen LogP contribution in [0.2, 0.25) is 0 Å². The van der Waals surface area contributed by atoms with Gasteiger partial charge in [0.2, 0.25) is 11.9 Å². The van der Waals surface area contributed by atoms with E-state index in [2.05, 4.69) is 30.8 Å². The van der Waals surface area contributed by atoms with Crippen LogP contribution < -0.4 is 30.5 Å². The Morgan fingerprint density at radius 2 is 1.50 bits per heavy atom. The molecule has 400 valence electrons. The van der Waals surface area contributed by atoms with Crippen LogP contribution in [0.1, 0.15) is 82.4 Å². The molecule has 3 N–H and O–H groups in total. The minimum Gasteiger partial charge on any atom is -0.495 e. The van der Waals surface area contributed by atoms with E-state index in [1.165, 1.54) is 38.4 Å². The van der Waals surface area contributed by atoms with E-state index >= 15 is 13.2 Å². The zero-order valence-corrected chi connectivity index (χ0v) is 41.8. The first kappa shape index (κ1) is 53.8. The summed E-state index contributed by atoms with van der Waals surface area (Å²) in [6.45, 7) is 4.69. The second-order valence-electron chi connectivity index (χ2n) is 18.7. The number of ether oxygens (including phenoxy) is 5. The molecule has 1 saturated carbocycles. The zero-order valence-electron chi connectivity index (χ0n) is 41.8. The Bertz CT molecular complexity index is 2560. The summed E-state index contributed by atoms with van der Waals surface area (Å²) in [6.07, 6.45) is 5.86. The van der Waals surface area contributed by atoms with Crippen LogP contribution >= 0.6 is 0 Å². The quantitative estimate of drug-likeness (QED) is 0.0906. The zero-order chi connectivity index (χ0) is 52.5. The van der Waals surface area contributed by atoms with E-state index in [1.807, 2.05) is 0 Å². The van der Waals surface area contributed by atoms with Crippen molar-refractivity contribution < 1.29 is 65.6 Å². The number of likely N-dealkylation sites (tertiary alicyclic amines) is 2. The minimum absolute atomic E-state index is 0.0277. The van der Waals surface area contributed by atoms with E-state index in [-0.39, 0.29) is 76.4 Å². The fraction of sp³-hybridized carbons (Fsp3) is 0.560. The molecule has 0 bridgehead atoms. The van der Waals surface area contributed by atoms with Crippen LogP contribution in [0.3, 0.4) is 0 Å². The van der Waals surface area contributed by atoms with E-state index < -0.39 is 53.9 Å². The highest BCUT2D eigenvalue weighted by molar-refractivity contribution is 6.25. The van der Waals surface area contributed by atoms with Crippen LogP contribution in [0.4, 0.5) is 42.0 Å². The number of methoxy groups -OCH3 is 1. The van der Waals surface area contributed by atoms with E-state index in [1.54, 1.807) is 18.2 Å². The van der Waals surface area contributed by atoms with Gasteiger partial charge in [-0.2, -0.15) is 13.8 Å². The predicted molar refractivity (Wildman–Crippen MR) is 263 cm³/mol. The second kappa shape index (κ2) is 24.3. The van der Waals surface area contributed by atoms with Gasteiger partial charge < -0.3 is 54.3 Å². The second-order valence-corrected chi connectivity index (χ2v) is 18.7. The van der Waals surface area contributed by atoms with E-state index in [9.17, 15) is 28.8 Å². The molecule has 74 heavy (non-hydrogen) atoms. The summed E-state index contributed by atoms with van der Waals surface area (Å²) in [4.78, 5) is 92.5. The van der Waals surface area contributed by atoms with E-state index in [0.29, 0.717) is 110 Å². The number of nitrogens with zero attached hydrogens (tertiary/aromatic N) is 7. The fourth-order valence-corrected chi connectivity index (χ4v) is 9.87. The standard InChI is InChI=1S/C50H63F3N10O11/c1-59-39-29-55-49(58-43(39)62(32-7-4-5-8-32)30-50(52,53)48(59)69)57-37-28-35(51)34(27-40(37)70-3)44(65)56-31-13-16-61(17-14-31)18-20-72-22-24-74-26-25-73-23-21-71-19-15-54-36-10-6-9-33-42(36)47(68)63(45(33)66)38-11-12-41(64)60(2)46(38)67/h6,9-10,27-29,31-32,38,54H,4-5,7-8,11-26,30H2,1-3H3,(H,56,65)(H,55,57,58). The van der Waals surface area contributed by atoms with Gasteiger partial charge in [0.05, 0.1) is 95.1 Å². The molecule has 0 spiro atoms. The maximum absolute atomic E-state index is 15.6. The molecule has 6 amide bonds. The molecule has 2 saturated heterocycles. The number of likely N-dealkylation sites (N-methyl/N-ethyl adjacent to an activating group) is 1.